The van der Waals surface area contributed by atoms with Gasteiger partial charge in [0.2, 0.25) is 0 Å². The minimum Gasteiger partial charge on any atom is -0.265 e. The Balaban J connectivity index is 2.16. The summed E-state index contributed by atoms with van der Waals surface area (Å²) in [5.74, 6) is 0. The third kappa shape index (κ3) is 2.65. The molecule has 0 radical (unpaired) electrons. The molecule has 3 aromatic rings. The zero-order chi connectivity index (χ0) is 14.7. The van der Waals surface area contributed by atoms with E-state index < -0.39 is 0 Å². The van der Waals surface area contributed by atoms with Crippen LogP contribution < -0.4 is 0 Å². The van der Waals surface area contributed by atoms with E-state index in [1.54, 1.807) is 24.5 Å². The summed E-state index contributed by atoms with van der Waals surface area (Å²) in [6, 6.07) is 19.7. The average Bonchev–Trinajstić information content (AvgIpc) is 2.56. The average molecular weight is 291 g/mol. The molecule has 3 heteroatoms. The summed E-state index contributed by atoms with van der Waals surface area (Å²) in [5, 5.41) is 12.1. The van der Waals surface area contributed by atoms with Crippen molar-refractivity contribution in [2.75, 3.05) is 0 Å². The number of rotatable bonds is 2. The molecule has 0 bridgehead atoms. The first-order valence-corrected chi connectivity index (χ1v) is 6.87. The minimum absolute atomic E-state index is 0.453. The predicted molar refractivity (Wildman–Crippen MR) is 86.5 cm³/mol. The maximum atomic E-state index is 9.41. The zero-order valence-corrected chi connectivity index (χ0v) is 11.9. The summed E-state index contributed by atoms with van der Waals surface area (Å²) < 4.78 is 0. The van der Waals surface area contributed by atoms with Crippen molar-refractivity contribution in [1.29, 1.82) is 5.26 Å². The van der Waals surface area contributed by atoms with Crippen molar-refractivity contribution in [1.82, 2.24) is 4.98 Å². The number of aromatic nitrogens is 1. The van der Waals surface area contributed by atoms with Crippen LogP contribution in [0.15, 0.2) is 67.0 Å². The first kappa shape index (κ1) is 13.4. The van der Waals surface area contributed by atoms with Crippen LogP contribution >= 0.6 is 11.6 Å². The van der Waals surface area contributed by atoms with E-state index in [1.807, 2.05) is 42.5 Å². The van der Waals surface area contributed by atoms with Crippen molar-refractivity contribution in [2.24, 2.45) is 0 Å². The van der Waals surface area contributed by atoms with Gasteiger partial charge in [-0.1, -0.05) is 48.0 Å². The topological polar surface area (TPSA) is 36.7 Å². The summed E-state index contributed by atoms with van der Waals surface area (Å²) in [4.78, 5) is 3.96. The molecule has 0 aliphatic rings. The van der Waals surface area contributed by atoms with Gasteiger partial charge in [-0.05, 0) is 40.1 Å². The molecule has 1 heterocycles. The highest BCUT2D eigenvalue weighted by Crippen LogP contribution is 2.30. The Hall–Kier alpha value is -2.63. The fourth-order valence-corrected chi connectivity index (χ4v) is 2.50. The van der Waals surface area contributed by atoms with Crippen LogP contribution in [0.1, 0.15) is 11.1 Å². The Morgan fingerprint density at radius 3 is 2.33 bits per heavy atom. The van der Waals surface area contributed by atoms with Crippen LogP contribution in [0.4, 0.5) is 0 Å². The third-order valence-electron chi connectivity index (χ3n) is 3.30. The predicted octanol–water partition coefficient (Wildman–Crippen LogP) is 4.87. The Labute approximate surface area is 127 Å². The lowest BCUT2D eigenvalue weighted by Crippen LogP contribution is -1.87. The molecule has 3 rings (SSSR count). The van der Waals surface area contributed by atoms with Gasteiger partial charge in [0.05, 0.1) is 10.6 Å². The standard InChI is InChI=1S/C18H11ClN2/c19-18(17(12-20)14-7-9-21-10-8-14)16-6-5-13-3-1-2-4-15(13)11-16/h1-11H/b18-17-. The molecule has 0 saturated heterocycles. The largest absolute Gasteiger partial charge is 0.265 e. The van der Waals surface area contributed by atoms with Gasteiger partial charge in [0.15, 0.2) is 0 Å². The number of allylic oxidation sites excluding steroid dienone is 1. The fourth-order valence-electron chi connectivity index (χ4n) is 2.23. The molecule has 21 heavy (non-hydrogen) atoms. The van der Waals surface area contributed by atoms with Gasteiger partial charge in [-0.2, -0.15) is 5.26 Å². The van der Waals surface area contributed by atoms with E-state index in [1.165, 1.54) is 0 Å². The van der Waals surface area contributed by atoms with E-state index in [0.29, 0.717) is 10.6 Å². The Morgan fingerprint density at radius 2 is 1.62 bits per heavy atom. The molecule has 1 aromatic heterocycles. The molecule has 0 amide bonds. The van der Waals surface area contributed by atoms with Gasteiger partial charge in [0, 0.05) is 12.4 Å². The Kier molecular flexibility index (Phi) is 3.68. The SMILES string of the molecule is N#C/C(=C(/Cl)c1ccc2ccccc2c1)c1ccncc1. The van der Waals surface area contributed by atoms with Gasteiger partial charge >= 0.3 is 0 Å². The van der Waals surface area contributed by atoms with E-state index in [-0.39, 0.29) is 0 Å². The molecule has 0 spiro atoms. The Bertz CT molecular complexity index is 861. The number of halogens is 1. The van der Waals surface area contributed by atoms with Crippen molar-refractivity contribution in [3.8, 4) is 6.07 Å². The van der Waals surface area contributed by atoms with E-state index in [2.05, 4.69) is 11.1 Å². The number of benzene rings is 2. The zero-order valence-electron chi connectivity index (χ0n) is 11.1. The molecule has 100 valence electrons. The molecule has 0 aliphatic carbocycles. The second-order valence-corrected chi connectivity index (χ2v) is 4.98. The van der Waals surface area contributed by atoms with Crippen LogP contribution in [-0.2, 0) is 0 Å². The lowest BCUT2D eigenvalue weighted by molar-refractivity contribution is 1.32. The van der Waals surface area contributed by atoms with Crippen LogP contribution in [0, 0.1) is 11.3 Å². The van der Waals surface area contributed by atoms with E-state index in [9.17, 15) is 5.26 Å². The van der Waals surface area contributed by atoms with Gasteiger partial charge < -0.3 is 0 Å². The van der Waals surface area contributed by atoms with E-state index in [0.717, 1.165) is 21.9 Å². The van der Waals surface area contributed by atoms with Gasteiger partial charge in [-0.25, -0.2) is 0 Å². The molecule has 0 fully saturated rings. The number of hydrogen-bond acceptors (Lipinski definition) is 2. The smallest absolute Gasteiger partial charge is 0.101 e. The molecule has 0 atom stereocenters. The minimum atomic E-state index is 0.453. The first-order valence-electron chi connectivity index (χ1n) is 6.49. The molecule has 0 unspecified atom stereocenters. The van der Waals surface area contributed by atoms with Crippen molar-refractivity contribution >= 4 is 33.0 Å². The van der Waals surface area contributed by atoms with Gasteiger partial charge in [0.1, 0.15) is 6.07 Å². The summed E-state index contributed by atoms with van der Waals surface area (Å²) in [7, 11) is 0. The number of fused-ring (bicyclic) bond motifs is 1. The van der Waals surface area contributed by atoms with Crippen LogP contribution in [0.5, 0.6) is 0 Å². The number of pyridine rings is 1. The third-order valence-corrected chi connectivity index (χ3v) is 3.71. The van der Waals surface area contributed by atoms with Crippen LogP contribution in [0.25, 0.3) is 21.4 Å². The molecule has 0 N–H and O–H groups in total. The Morgan fingerprint density at radius 1 is 0.905 bits per heavy atom. The summed E-state index contributed by atoms with van der Waals surface area (Å²) in [6.07, 6.45) is 3.30. The second-order valence-electron chi connectivity index (χ2n) is 4.60. The number of nitrogens with zero attached hydrogens (tertiary/aromatic N) is 2. The normalized spacial score (nSPS) is 11.8. The van der Waals surface area contributed by atoms with Crippen LogP contribution in [0.3, 0.4) is 0 Å². The molecule has 0 saturated carbocycles. The molecule has 0 aliphatic heterocycles. The molecule has 2 nitrogen and oxygen atoms in total. The maximum Gasteiger partial charge on any atom is 0.101 e. The highest BCUT2D eigenvalue weighted by Gasteiger charge is 2.09. The fraction of sp³-hybridized carbons (Fsp3) is 0. The van der Waals surface area contributed by atoms with Crippen LogP contribution in [-0.4, -0.2) is 4.98 Å². The van der Waals surface area contributed by atoms with Gasteiger partial charge in [0.25, 0.3) is 0 Å². The molecular weight excluding hydrogens is 280 g/mol. The maximum absolute atomic E-state index is 9.41. The van der Waals surface area contributed by atoms with Crippen molar-refractivity contribution in [3.63, 3.8) is 0 Å². The van der Waals surface area contributed by atoms with E-state index in [4.69, 9.17) is 11.6 Å². The van der Waals surface area contributed by atoms with Crippen molar-refractivity contribution < 1.29 is 0 Å². The quantitative estimate of drug-likeness (QED) is 0.632. The van der Waals surface area contributed by atoms with Gasteiger partial charge in [-0.15, -0.1) is 0 Å². The van der Waals surface area contributed by atoms with Crippen molar-refractivity contribution in [2.45, 2.75) is 0 Å². The highest BCUT2D eigenvalue weighted by atomic mass is 35.5. The number of hydrogen-bond donors (Lipinski definition) is 0. The first-order chi connectivity index (χ1) is 10.3. The molecule has 2 aromatic carbocycles. The number of nitriles is 1. The second kappa shape index (κ2) is 5.78. The summed E-state index contributed by atoms with van der Waals surface area (Å²) in [6.45, 7) is 0. The highest BCUT2D eigenvalue weighted by molar-refractivity contribution is 6.53. The lowest BCUT2D eigenvalue weighted by atomic mass is 10.0. The summed E-state index contributed by atoms with van der Waals surface area (Å²) >= 11 is 6.44. The molecular formula is C18H11ClN2. The van der Waals surface area contributed by atoms with Crippen molar-refractivity contribution in [3.05, 3.63) is 78.1 Å². The van der Waals surface area contributed by atoms with E-state index >= 15 is 0 Å². The lowest BCUT2D eigenvalue weighted by Gasteiger charge is -2.06. The van der Waals surface area contributed by atoms with Crippen LogP contribution in [0.2, 0.25) is 0 Å². The van der Waals surface area contributed by atoms with Gasteiger partial charge in [-0.3, -0.25) is 4.98 Å². The summed E-state index contributed by atoms with van der Waals surface area (Å²) in [5.41, 5.74) is 2.06. The monoisotopic (exact) mass is 290 g/mol.